The van der Waals surface area contributed by atoms with Gasteiger partial charge in [-0.1, -0.05) is 56.8 Å². The van der Waals surface area contributed by atoms with Crippen LogP contribution < -0.4 is 26.3 Å². The van der Waals surface area contributed by atoms with Gasteiger partial charge in [0.15, 0.2) is 0 Å². The van der Waals surface area contributed by atoms with E-state index in [1.165, 1.54) is 5.56 Å². The molecule has 0 amide bonds. The number of pyridine rings is 1. The minimum Gasteiger partial charge on any atom is -0.492 e. The fourth-order valence-corrected chi connectivity index (χ4v) is 4.23. The van der Waals surface area contributed by atoms with Crippen LogP contribution >= 0.6 is 0 Å². The zero-order valence-electron chi connectivity index (χ0n) is 18.3. The Morgan fingerprint density at radius 2 is 1.75 bits per heavy atom. The van der Waals surface area contributed by atoms with Crippen molar-refractivity contribution in [3.8, 4) is 11.9 Å². The Bertz CT molecular complexity index is 1440. The van der Waals surface area contributed by atoms with Crippen LogP contribution in [0.25, 0.3) is 12.7 Å². The molecule has 1 aromatic heterocycles. The van der Waals surface area contributed by atoms with Crippen molar-refractivity contribution in [3.63, 3.8) is 0 Å². The summed E-state index contributed by atoms with van der Waals surface area (Å²) in [5.41, 5.74) is 5.97. The number of benzene rings is 2. The number of allylic oxidation sites excluding steroid dienone is 2. The molecule has 0 atom stereocenters. The van der Waals surface area contributed by atoms with Crippen LogP contribution in [0.3, 0.4) is 0 Å². The summed E-state index contributed by atoms with van der Waals surface area (Å²) in [6.45, 7) is 8.17. The Labute approximate surface area is 186 Å². The minimum atomic E-state index is -0.497. The third kappa shape index (κ3) is 3.25. The van der Waals surface area contributed by atoms with Gasteiger partial charge in [-0.15, -0.1) is 0 Å². The Kier molecular flexibility index (Phi) is 5.11. The zero-order chi connectivity index (χ0) is 23.0. The minimum absolute atomic E-state index is 0.0556. The molecule has 2 N–H and O–H groups in total. The number of aromatic nitrogens is 1. The summed E-state index contributed by atoms with van der Waals surface area (Å²) in [6.07, 6.45) is 3.56. The van der Waals surface area contributed by atoms with Crippen molar-refractivity contribution in [2.24, 2.45) is 0 Å². The summed E-state index contributed by atoms with van der Waals surface area (Å²) in [5.74, 6) is -0.470. The molecule has 2 aromatic carbocycles. The molecule has 0 saturated heterocycles. The molecule has 1 aliphatic rings. The zero-order valence-corrected chi connectivity index (χ0v) is 18.3. The molecule has 160 valence electrons. The molecule has 0 saturated carbocycles. The molecule has 1 aliphatic heterocycles. The van der Waals surface area contributed by atoms with Gasteiger partial charge >= 0.3 is 0 Å². The van der Waals surface area contributed by atoms with E-state index in [0.717, 1.165) is 16.1 Å². The number of anilines is 2. The summed E-state index contributed by atoms with van der Waals surface area (Å²) in [5, 5.41) is 20.6. The predicted octanol–water partition coefficient (Wildman–Crippen LogP) is 2.80. The number of hydrogen-bond acceptors (Lipinski definition) is 5. The summed E-state index contributed by atoms with van der Waals surface area (Å²) < 4.78 is 0.977. The van der Waals surface area contributed by atoms with Crippen molar-refractivity contribution >= 4 is 24.0 Å². The Hall–Kier alpha value is -4.24. The van der Waals surface area contributed by atoms with E-state index < -0.39 is 11.4 Å². The quantitative estimate of drug-likeness (QED) is 0.676. The van der Waals surface area contributed by atoms with E-state index in [2.05, 4.69) is 42.9 Å². The molecule has 6 heteroatoms. The number of likely N-dealkylation sites (N-methyl/N-ethyl adjacent to an activating group) is 1. The SMILES string of the molecule is C=c1c(C#N)c(O)n(Nc2ccccc2)c(=O)/c1=C/C=C1\N(C)c2ccccc2C1(C)C. The lowest BCUT2D eigenvalue weighted by atomic mass is 9.84. The number of nitriles is 1. The monoisotopic (exact) mass is 424 g/mol. The summed E-state index contributed by atoms with van der Waals surface area (Å²) in [7, 11) is 1.99. The first kappa shape index (κ1) is 21.0. The van der Waals surface area contributed by atoms with E-state index in [9.17, 15) is 15.2 Å². The van der Waals surface area contributed by atoms with E-state index in [1.807, 2.05) is 37.4 Å². The molecular formula is C26H24N4O2. The molecule has 0 spiro atoms. The smallest absolute Gasteiger partial charge is 0.280 e. The number of para-hydroxylation sites is 2. The standard InChI is InChI=1S/C26H24N4O2/c1-17-19(14-15-23-26(2,3)21-12-8-9-13-22(21)29(23)4)24(31)30(25(32)20(17)16-27)28-18-10-6-5-7-11-18/h5-15,28,32H,1H2,2-4H3/b19-14+,23-15-. The normalized spacial score (nSPS) is 16.1. The van der Waals surface area contributed by atoms with E-state index >= 15 is 0 Å². The van der Waals surface area contributed by atoms with Gasteiger partial charge in [0.05, 0.1) is 10.9 Å². The van der Waals surface area contributed by atoms with E-state index in [4.69, 9.17) is 0 Å². The van der Waals surface area contributed by atoms with Crippen molar-refractivity contribution in [3.05, 3.63) is 98.3 Å². The third-order valence-electron chi connectivity index (χ3n) is 5.97. The molecule has 4 rings (SSSR count). The number of rotatable bonds is 3. The van der Waals surface area contributed by atoms with Crippen LogP contribution in [0, 0.1) is 11.3 Å². The highest BCUT2D eigenvalue weighted by Crippen LogP contribution is 2.46. The average Bonchev–Trinajstić information content (AvgIpc) is 2.98. The molecule has 0 radical (unpaired) electrons. The second-order valence-corrected chi connectivity index (χ2v) is 8.24. The molecule has 2 heterocycles. The van der Waals surface area contributed by atoms with E-state index in [1.54, 1.807) is 30.3 Å². The Balaban J connectivity index is 1.91. The van der Waals surface area contributed by atoms with E-state index in [-0.39, 0.29) is 21.4 Å². The molecule has 6 nitrogen and oxygen atoms in total. The third-order valence-corrected chi connectivity index (χ3v) is 5.97. The van der Waals surface area contributed by atoms with Crippen molar-refractivity contribution in [1.82, 2.24) is 4.68 Å². The van der Waals surface area contributed by atoms with Crippen molar-refractivity contribution in [2.45, 2.75) is 19.3 Å². The summed E-state index contributed by atoms with van der Waals surface area (Å²) >= 11 is 0. The first-order valence-electron chi connectivity index (χ1n) is 10.2. The lowest BCUT2D eigenvalue weighted by molar-refractivity contribution is 0.424. The molecular weight excluding hydrogens is 400 g/mol. The van der Waals surface area contributed by atoms with Crippen molar-refractivity contribution in [2.75, 3.05) is 17.4 Å². The molecule has 0 fully saturated rings. The summed E-state index contributed by atoms with van der Waals surface area (Å²) in [6, 6.07) is 19.1. The Morgan fingerprint density at radius 1 is 1.09 bits per heavy atom. The van der Waals surface area contributed by atoms with Crippen LogP contribution in [-0.4, -0.2) is 16.8 Å². The van der Waals surface area contributed by atoms with Gasteiger partial charge in [-0.25, -0.2) is 0 Å². The second-order valence-electron chi connectivity index (χ2n) is 8.24. The number of nitrogens with one attached hydrogen (secondary N) is 1. The first-order valence-corrected chi connectivity index (χ1v) is 10.2. The fourth-order valence-electron chi connectivity index (χ4n) is 4.23. The maximum Gasteiger partial charge on any atom is 0.280 e. The van der Waals surface area contributed by atoms with Crippen LogP contribution in [0.1, 0.15) is 25.0 Å². The van der Waals surface area contributed by atoms with Crippen molar-refractivity contribution in [1.29, 1.82) is 5.26 Å². The van der Waals surface area contributed by atoms with Crippen molar-refractivity contribution < 1.29 is 5.11 Å². The second kappa shape index (κ2) is 7.78. The molecule has 32 heavy (non-hydrogen) atoms. The highest BCUT2D eigenvalue weighted by atomic mass is 16.3. The first-order chi connectivity index (χ1) is 15.3. The molecule has 0 bridgehead atoms. The highest BCUT2D eigenvalue weighted by Gasteiger charge is 2.37. The van der Waals surface area contributed by atoms with Gasteiger partial charge in [-0.2, -0.15) is 9.94 Å². The van der Waals surface area contributed by atoms with Crippen LogP contribution in [-0.2, 0) is 5.41 Å². The maximum absolute atomic E-state index is 13.3. The molecule has 0 aliphatic carbocycles. The van der Waals surface area contributed by atoms with Gasteiger partial charge in [0.1, 0.15) is 11.6 Å². The number of hydrogen-bond donors (Lipinski definition) is 2. The highest BCUT2D eigenvalue weighted by molar-refractivity contribution is 5.71. The van der Waals surface area contributed by atoms with Gasteiger partial charge in [-0.05, 0) is 35.9 Å². The number of nitrogens with zero attached hydrogens (tertiary/aromatic N) is 3. The largest absolute Gasteiger partial charge is 0.492 e. The van der Waals surface area contributed by atoms with Gasteiger partial charge in [0.2, 0.25) is 5.88 Å². The van der Waals surface area contributed by atoms with Gasteiger partial charge in [0.25, 0.3) is 5.56 Å². The van der Waals surface area contributed by atoms with Crippen LogP contribution in [0.4, 0.5) is 11.4 Å². The maximum atomic E-state index is 13.3. The fraction of sp³-hybridized carbons (Fsp3) is 0.154. The molecule has 0 unspecified atom stereocenters. The lowest BCUT2D eigenvalue weighted by Gasteiger charge is -2.23. The topological polar surface area (TPSA) is 81.3 Å². The van der Waals surface area contributed by atoms with Crippen LogP contribution in [0.5, 0.6) is 5.88 Å². The van der Waals surface area contributed by atoms with Gasteiger partial charge in [0, 0.05) is 29.1 Å². The van der Waals surface area contributed by atoms with Crippen LogP contribution in [0.15, 0.2) is 71.2 Å². The van der Waals surface area contributed by atoms with Gasteiger partial charge < -0.3 is 10.0 Å². The van der Waals surface area contributed by atoms with Gasteiger partial charge in [-0.3, -0.25) is 10.2 Å². The number of aromatic hydroxyl groups is 1. The summed E-state index contributed by atoms with van der Waals surface area (Å²) in [4.78, 5) is 15.4. The van der Waals surface area contributed by atoms with Crippen LogP contribution in [0.2, 0.25) is 0 Å². The number of fused-ring (bicyclic) bond motifs is 1. The predicted molar refractivity (Wildman–Crippen MR) is 128 cm³/mol. The molecule has 3 aromatic rings. The van der Waals surface area contributed by atoms with E-state index in [0.29, 0.717) is 5.69 Å². The Morgan fingerprint density at radius 3 is 2.41 bits per heavy atom. The lowest BCUT2D eigenvalue weighted by Crippen LogP contribution is -2.47. The average molecular weight is 425 g/mol.